The molecule has 1 amide bonds. The molecule has 0 spiro atoms. The number of aryl methyl sites for hydroxylation is 1. The van der Waals surface area contributed by atoms with Crippen LogP contribution in [-0.2, 0) is 4.79 Å². The minimum atomic E-state index is -0.351. The molecule has 0 bridgehead atoms. The van der Waals surface area contributed by atoms with Gasteiger partial charge in [-0.1, -0.05) is 29.8 Å². The van der Waals surface area contributed by atoms with Crippen molar-refractivity contribution in [1.29, 1.82) is 0 Å². The standard InChI is InChI=1S/C18H15BrClN3O2/c1-11-14(13-4-2-3-5-16(13)22-11)9-21-23-18(24)10-25-17-7-6-12(20)8-15(17)19/h2-9,22H,10H2,1H3,(H,23,24). The first-order valence-corrected chi connectivity index (χ1v) is 8.69. The molecule has 3 aromatic rings. The molecule has 1 heterocycles. The zero-order valence-corrected chi connectivity index (χ0v) is 15.7. The molecule has 0 radical (unpaired) electrons. The summed E-state index contributed by atoms with van der Waals surface area (Å²) in [6.07, 6.45) is 1.63. The van der Waals surface area contributed by atoms with Gasteiger partial charge in [0.2, 0.25) is 0 Å². The first-order valence-electron chi connectivity index (χ1n) is 7.51. The second kappa shape index (κ2) is 7.72. The lowest BCUT2D eigenvalue weighted by Gasteiger charge is -2.07. The van der Waals surface area contributed by atoms with E-state index in [0.717, 1.165) is 22.2 Å². The Morgan fingerprint density at radius 3 is 2.96 bits per heavy atom. The van der Waals surface area contributed by atoms with Gasteiger partial charge in [-0.15, -0.1) is 0 Å². The van der Waals surface area contributed by atoms with Crippen LogP contribution in [0.1, 0.15) is 11.3 Å². The van der Waals surface area contributed by atoms with E-state index in [1.807, 2.05) is 31.2 Å². The number of H-pyrrole nitrogens is 1. The quantitative estimate of drug-likeness (QED) is 0.474. The highest BCUT2D eigenvalue weighted by molar-refractivity contribution is 9.10. The molecule has 0 atom stereocenters. The average Bonchev–Trinajstić information content (AvgIpc) is 2.90. The zero-order valence-electron chi connectivity index (χ0n) is 13.3. The number of nitrogens with zero attached hydrogens (tertiary/aromatic N) is 1. The van der Waals surface area contributed by atoms with Crippen molar-refractivity contribution < 1.29 is 9.53 Å². The highest BCUT2D eigenvalue weighted by atomic mass is 79.9. The Hall–Kier alpha value is -2.31. The summed E-state index contributed by atoms with van der Waals surface area (Å²) in [4.78, 5) is 15.2. The van der Waals surface area contributed by atoms with E-state index in [4.69, 9.17) is 16.3 Å². The number of para-hydroxylation sites is 1. The summed E-state index contributed by atoms with van der Waals surface area (Å²) in [5, 5.41) is 5.66. The van der Waals surface area contributed by atoms with Crippen molar-refractivity contribution in [2.75, 3.05) is 6.61 Å². The predicted molar refractivity (Wildman–Crippen MR) is 103 cm³/mol. The Morgan fingerprint density at radius 1 is 1.36 bits per heavy atom. The molecule has 0 aliphatic rings. The van der Waals surface area contributed by atoms with Gasteiger partial charge in [0.15, 0.2) is 6.61 Å². The van der Waals surface area contributed by atoms with Crippen LogP contribution in [0.3, 0.4) is 0 Å². The Balaban J connectivity index is 1.60. The van der Waals surface area contributed by atoms with Crippen molar-refractivity contribution in [1.82, 2.24) is 10.4 Å². The highest BCUT2D eigenvalue weighted by Gasteiger charge is 2.07. The minimum Gasteiger partial charge on any atom is -0.483 e. The smallest absolute Gasteiger partial charge is 0.277 e. The van der Waals surface area contributed by atoms with E-state index in [-0.39, 0.29) is 12.5 Å². The summed E-state index contributed by atoms with van der Waals surface area (Å²) in [6.45, 7) is 1.81. The number of carbonyl (C=O) groups is 1. The average molecular weight is 421 g/mol. The predicted octanol–water partition coefficient (Wildman–Crippen LogP) is 4.42. The van der Waals surface area contributed by atoms with Gasteiger partial charge in [0.05, 0.1) is 10.7 Å². The molecule has 25 heavy (non-hydrogen) atoms. The fourth-order valence-corrected chi connectivity index (χ4v) is 3.20. The second-order valence-corrected chi connectivity index (χ2v) is 6.66. The number of nitrogens with one attached hydrogen (secondary N) is 2. The van der Waals surface area contributed by atoms with Gasteiger partial charge in [0.25, 0.3) is 5.91 Å². The highest BCUT2D eigenvalue weighted by Crippen LogP contribution is 2.27. The van der Waals surface area contributed by atoms with E-state index in [9.17, 15) is 4.79 Å². The Labute approximate surface area is 158 Å². The Bertz CT molecular complexity index is 953. The number of ether oxygens (including phenoxy) is 1. The number of rotatable bonds is 5. The van der Waals surface area contributed by atoms with Crippen LogP contribution in [0.2, 0.25) is 5.02 Å². The normalized spacial score (nSPS) is 11.2. The maximum atomic E-state index is 11.9. The molecule has 0 saturated heterocycles. The van der Waals surface area contributed by atoms with Crippen LogP contribution in [0, 0.1) is 6.92 Å². The molecule has 3 rings (SSSR count). The number of aromatic nitrogens is 1. The summed E-state index contributed by atoms with van der Waals surface area (Å²) in [7, 11) is 0. The number of hydrogen-bond acceptors (Lipinski definition) is 3. The molecule has 5 nitrogen and oxygen atoms in total. The number of carbonyl (C=O) groups excluding carboxylic acids is 1. The van der Waals surface area contributed by atoms with Crippen LogP contribution in [-0.4, -0.2) is 23.7 Å². The third kappa shape index (κ3) is 4.21. The van der Waals surface area contributed by atoms with Gasteiger partial charge in [0, 0.05) is 27.2 Å². The van der Waals surface area contributed by atoms with Gasteiger partial charge in [-0.3, -0.25) is 4.79 Å². The van der Waals surface area contributed by atoms with Gasteiger partial charge in [0.1, 0.15) is 5.75 Å². The zero-order chi connectivity index (χ0) is 17.8. The van der Waals surface area contributed by atoms with E-state index in [1.165, 1.54) is 0 Å². The summed E-state index contributed by atoms with van der Waals surface area (Å²) in [6, 6.07) is 13.0. The molecule has 7 heteroatoms. The van der Waals surface area contributed by atoms with Crippen molar-refractivity contribution in [2.45, 2.75) is 6.92 Å². The second-order valence-electron chi connectivity index (χ2n) is 5.37. The molecule has 0 fully saturated rings. The first-order chi connectivity index (χ1) is 12.0. The molecule has 0 aliphatic carbocycles. The van der Waals surface area contributed by atoms with E-state index < -0.39 is 0 Å². The summed E-state index contributed by atoms with van der Waals surface area (Å²) < 4.78 is 6.12. The van der Waals surface area contributed by atoms with Gasteiger partial charge in [-0.2, -0.15) is 5.10 Å². The molecule has 2 N–H and O–H groups in total. The van der Waals surface area contributed by atoms with Crippen LogP contribution < -0.4 is 10.2 Å². The fourth-order valence-electron chi connectivity index (χ4n) is 2.40. The number of hydrazone groups is 1. The van der Waals surface area contributed by atoms with Gasteiger partial charge < -0.3 is 9.72 Å². The summed E-state index contributed by atoms with van der Waals surface area (Å²) >= 11 is 9.20. The Kier molecular flexibility index (Phi) is 5.40. The molecular formula is C18H15BrClN3O2. The Morgan fingerprint density at radius 2 is 2.16 bits per heavy atom. The molecule has 0 saturated carbocycles. The van der Waals surface area contributed by atoms with E-state index in [1.54, 1.807) is 24.4 Å². The van der Waals surface area contributed by atoms with Crippen LogP contribution in [0.4, 0.5) is 0 Å². The lowest BCUT2D eigenvalue weighted by Crippen LogP contribution is -2.24. The third-order valence-electron chi connectivity index (χ3n) is 3.58. The number of hydrogen-bond donors (Lipinski definition) is 2. The van der Waals surface area contributed by atoms with E-state index in [0.29, 0.717) is 15.2 Å². The molecule has 0 aliphatic heterocycles. The van der Waals surface area contributed by atoms with E-state index in [2.05, 4.69) is 31.4 Å². The summed E-state index contributed by atoms with van der Waals surface area (Å²) in [5.41, 5.74) is 5.42. The van der Waals surface area contributed by atoms with Crippen molar-refractivity contribution >= 4 is 50.6 Å². The van der Waals surface area contributed by atoms with Crippen molar-refractivity contribution in [3.63, 3.8) is 0 Å². The van der Waals surface area contributed by atoms with Gasteiger partial charge >= 0.3 is 0 Å². The van der Waals surface area contributed by atoms with Crippen LogP contribution in [0.25, 0.3) is 10.9 Å². The number of amides is 1. The minimum absolute atomic E-state index is 0.148. The molecule has 0 unspecified atom stereocenters. The molecule has 128 valence electrons. The first kappa shape index (κ1) is 17.5. The van der Waals surface area contributed by atoms with Crippen molar-refractivity contribution in [3.05, 3.63) is 63.2 Å². The number of benzene rings is 2. The maximum absolute atomic E-state index is 11.9. The molecule has 1 aromatic heterocycles. The fraction of sp³-hybridized carbons (Fsp3) is 0.111. The third-order valence-corrected chi connectivity index (χ3v) is 4.43. The number of fused-ring (bicyclic) bond motifs is 1. The maximum Gasteiger partial charge on any atom is 0.277 e. The number of aromatic amines is 1. The largest absolute Gasteiger partial charge is 0.483 e. The van der Waals surface area contributed by atoms with Gasteiger partial charge in [-0.05, 0) is 47.1 Å². The lowest BCUT2D eigenvalue weighted by molar-refractivity contribution is -0.123. The van der Waals surface area contributed by atoms with Crippen LogP contribution >= 0.6 is 27.5 Å². The number of halogens is 2. The van der Waals surface area contributed by atoms with E-state index >= 15 is 0 Å². The molecule has 2 aromatic carbocycles. The monoisotopic (exact) mass is 419 g/mol. The van der Waals surface area contributed by atoms with Gasteiger partial charge in [-0.25, -0.2) is 5.43 Å². The van der Waals surface area contributed by atoms with Crippen LogP contribution in [0.15, 0.2) is 52.0 Å². The van der Waals surface area contributed by atoms with Crippen molar-refractivity contribution in [2.24, 2.45) is 5.10 Å². The lowest BCUT2D eigenvalue weighted by atomic mass is 10.1. The van der Waals surface area contributed by atoms with Crippen LogP contribution in [0.5, 0.6) is 5.75 Å². The topological polar surface area (TPSA) is 66.5 Å². The van der Waals surface area contributed by atoms with Crippen molar-refractivity contribution in [3.8, 4) is 5.75 Å². The SMILES string of the molecule is Cc1[nH]c2ccccc2c1C=NNC(=O)COc1ccc(Cl)cc1Br. The molecular weight excluding hydrogens is 406 g/mol. The summed E-state index contributed by atoms with van der Waals surface area (Å²) in [5.74, 6) is 0.187.